The van der Waals surface area contributed by atoms with E-state index in [4.69, 9.17) is 9.94 Å². The minimum Gasteiger partial charge on any atom is -0.481 e. The molecule has 0 aliphatic heterocycles. The number of aliphatic carboxylic acids is 1. The number of rotatable bonds is 12. The third-order valence-electron chi connectivity index (χ3n) is 6.67. The van der Waals surface area contributed by atoms with E-state index in [2.05, 4.69) is 17.4 Å². The average molecular weight is 505 g/mol. The summed E-state index contributed by atoms with van der Waals surface area (Å²) in [6.07, 6.45) is 1.05. The van der Waals surface area contributed by atoms with Gasteiger partial charge in [-0.1, -0.05) is 63.1 Å². The molecule has 1 aliphatic carbocycles. The number of hydroxylamine groups is 1. The molecular weight excluding hydrogens is 469 g/mol. The molecule has 1 aliphatic rings. The second kappa shape index (κ2) is 12.9. The fourth-order valence-electron chi connectivity index (χ4n) is 4.71. The maximum absolute atomic E-state index is 13.8. The second-order valence-electron chi connectivity index (χ2n) is 9.28. The van der Waals surface area contributed by atoms with Crippen molar-refractivity contribution in [1.82, 2.24) is 10.8 Å². The first-order chi connectivity index (χ1) is 17.2. The molecule has 0 atom stereocenters. The van der Waals surface area contributed by atoms with E-state index in [9.17, 15) is 18.0 Å². The van der Waals surface area contributed by atoms with Crippen molar-refractivity contribution in [3.8, 4) is 0 Å². The van der Waals surface area contributed by atoms with Gasteiger partial charge in [-0.15, -0.1) is 0 Å². The van der Waals surface area contributed by atoms with Crippen molar-refractivity contribution in [1.29, 1.82) is 0 Å². The van der Waals surface area contributed by atoms with Gasteiger partial charge < -0.3 is 10.4 Å². The van der Waals surface area contributed by atoms with Crippen LogP contribution in [0, 0.1) is 0 Å². The van der Waals surface area contributed by atoms with Crippen LogP contribution in [0.1, 0.15) is 84.7 Å². The first-order valence-corrected chi connectivity index (χ1v) is 12.5. The summed E-state index contributed by atoms with van der Waals surface area (Å²) >= 11 is 0. The van der Waals surface area contributed by atoms with Crippen LogP contribution in [0.2, 0.25) is 0 Å². The molecule has 0 unspecified atom stereocenters. The molecule has 196 valence electrons. The quantitative estimate of drug-likeness (QED) is 0.225. The Balaban J connectivity index is 1.60. The highest BCUT2D eigenvalue weighted by molar-refractivity contribution is 5.66. The van der Waals surface area contributed by atoms with Crippen LogP contribution in [0.5, 0.6) is 0 Å². The van der Waals surface area contributed by atoms with Crippen molar-refractivity contribution in [3.63, 3.8) is 0 Å². The predicted molar refractivity (Wildman–Crippen MR) is 134 cm³/mol. The fourth-order valence-corrected chi connectivity index (χ4v) is 4.71. The lowest BCUT2D eigenvalue weighted by atomic mass is 9.81. The van der Waals surface area contributed by atoms with E-state index >= 15 is 0 Å². The summed E-state index contributed by atoms with van der Waals surface area (Å²) in [5, 5.41) is 11.9. The molecule has 0 amide bonds. The number of carboxylic acid groups (broad SMARTS) is 1. The largest absolute Gasteiger partial charge is 0.481 e. The van der Waals surface area contributed by atoms with Gasteiger partial charge in [-0.3, -0.25) is 15.1 Å². The van der Waals surface area contributed by atoms with Crippen molar-refractivity contribution in [2.24, 2.45) is 0 Å². The molecule has 2 aromatic carbocycles. The Morgan fingerprint density at radius 3 is 2.53 bits per heavy atom. The van der Waals surface area contributed by atoms with Crippen molar-refractivity contribution < 1.29 is 27.9 Å². The van der Waals surface area contributed by atoms with Gasteiger partial charge in [0.25, 0.3) is 0 Å². The van der Waals surface area contributed by atoms with Gasteiger partial charge in [0.15, 0.2) is 0 Å². The lowest BCUT2D eigenvalue weighted by Crippen LogP contribution is -2.18. The summed E-state index contributed by atoms with van der Waals surface area (Å²) in [4.78, 5) is 16.2. The van der Waals surface area contributed by atoms with Crippen LogP contribution in [0.4, 0.5) is 13.2 Å². The van der Waals surface area contributed by atoms with E-state index in [1.165, 1.54) is 6.07 Å². The number of nitrogens with one attached hydrogen (secondary N) is 2. The van der Waals surface area contributed by atoms with Crippen molar-refractivity contribution in [2.75, 3.05) is 6.54 Å². The highest BCUT2D eigenvalue weighted by Crippen LogP contribution is 2.41. The minimum absolute atomic E-state index is 0.0509. The van der Waals surface area contributed by atoms with Gasteiger partial charge in [0.2, 0.25) is 0 Å². The first-order valence-electron chi connectivity index (χ1n) is 12.5. The van der Waals surface area contributed by atoms with E-state index in [1.807, 2.05) is 25.1 Å². The van der Waals surface area contributed by atoms with Crippen molar-refractivity contribution in [2.45, 2.75) is 77.1 Å². The van der Waals surface area contributed by atoms with Crippen LogP contribution in [0.15, 0.2) is 43.0 Å². The molecule has 0 radical (unpaired) electrons. The molecule has 3 rings (SSSR count). The number of benzene rings is 2. The zero-order valence-electron chi connectivity index (χ0n) is 20.7. The molecule has 8 heteroatoms. The normalized spacial score (nSPS) is 14.6. The van der Waals surface area contributed by atoms with E-state index in [0.717, 1.165) is 55.2 Å². The van der Waals surface area contributed by atoms with Crippen LogP contribution < -0.4 is 10.8 Å². The number of hydrogen-bond donors (Lipinski definition) is 3. The number of carbonyl (C=O) groups is 1. The molecule has 0 aromatic heterocycles. The Bertz CT molecular complexity index is 1050. The summed E-state index contributed by atoms with van der Waals surface area (Å²) in [7, 11) is 0. The smallest absolute Gasteiger partial charge is 0.416 e. The molecule has 36 heavy (non-hydrogen) atoms. The highest BCUT2D eigenvalue weighted by atomic mass is 19.4. The topological polar surface area (TPSA) is 70.6 Å². The fraction of sp³-hybridized carbons (Fsp3) is 0.464. The second-order valence-corrected chi connectivity index (χ2v) is 9.28. The molecule has 1 fully saturated rings. The van der Waals surface area contributed by atoms with Gasteiger partial charge >= 0.3 is 12.1 Å². The summed E-state index contributed by atoms with van der Waals surface area (Å²) in [5.74, 6) is -0.889. The Labute approximate surface area is 210 Å². The van der Waals surface area contributed by atoms with Gasteiger partial charge in [0.05, 0.1) is 24.3 Å². The summed E-state index contributed by atoms with van der Waals surface area (Å²) in [6, 6.07) is 10.3. The summed E-state index contributed by atoms with van der Waals surface area (Å²) < 4.78 is 41.5. The van der Waals surface area contributed by atoms with E-state index in [0.29, 0.717) is 24.2 Å². The van der Waals surface area contributed by atoms with Gasteiger partial charge in [-0.05, 0) is 59.1 Å². The molecule has 3 N–H and O–H groups in total. The van der Waals surface area contributed by atoms with Crippen molar-refractivity contribution in [3.05, 3.63) is 76.4 Å². The Hall–Kier alpha value is -2.84. The Morgan fingerprint density at radius 2 is 1.86 bits per heavy atom. The molecule has 5 nitrogen and oxygen atoms in total. The average Bonchev–Trinajstić information content (AvgIpc) is 2.86. The Morgan fingerprint density at radius 1 is 1.11 bits per heavy atom. The lowest BCUT2D eigenvalue weighted by Gasteiger charge is -2.26. The minimum atomic E-state index is -4.43. The maximum atomic E-state index is 13.8. The number of hydrogen-bond acceptors (Lipinski definition) is 4. The zero-order chi connectivity index (χ0) is 26.1. The monoisotopic (exact) mass is 504 g/mol. The number of aryl methyl sites for hydroxylation is 1. The molecule has 0 spiro atoms. The van der Waals surface area contributed by atoms with Gasteiger partial charge in [0, 0.05) is 13.1 Å². The number of halogens is 3. The third kappa shape index (κ3) is 7.83. The molecule has 0 heterocycles. The van der Waals surface area contributed by atoms with Crippen molar-refractivity contribution >= 4 is 11.7 Å². The summed E-state index contributed by atoms with van der Waals surface area (Å²) in [5.41, 5.74) is 6.22. The zero-order valence-corrected chi connectivity index (χ0v) is 20.7. The number of carboxylic acids is 1. The van der Waals surface area contributed by atoms with Crippen LogP contribution >= 0.6 is 0 Å². The molecule has 1 saturated carbocycles. The molecule has 0 saturated heterocycles. The van der Waals surface area contributed by atoms with Crippen LogP contribution in [-0.4, -0.2) is 17.6 Å². The molecule has 0 bridgehead atoms. The Kier molecular flexibility index (Phi) is 9.96. The van der Waals surface area contributed by atoms with Gasteiger partial charge in [0.1, 0.15) is 0 Å². The SMILES string of the molecule is C=C(NOCc1ccc(CNCCC(=O)O)c(CC)c1)c1ccc(C2CCCCC2)c(C(F)(F)F)c1. The third-order valence-corrected chi connectivity index (χ3v) is 6.67. The summed E-state index contributed by atoms with van der Waals surface area (Å²) in [6.45, 7) is 7.09. The van der Waals surface area contributed by atoms with Crippen LogP contribution in [0.25, 0.3) is 5.70 Å². The first kappa shape index (κ1) is 27.7. The highest BCUT2D eigenvalue weighted by Gasteiger charge is 2.36. The lowest BCUT2D eigenvalue weighted by molar-refractivity contribution is -0.138. The predicted octanol–water partition coefficient (Wildman–Crippen LogP) is 6.57. The number of alkyl halides is 3. The van der Waals surface area contributed by atoms with Gasteiger partial charge in [-0.2, -0.15) is 13.2 Å². The molecule has 2 aromatic rings. The van der Waals surface area contributed by atoms with E-state index in [-0.39, 0.29) is 24.6 Å². The van der Waals surface area contributed by atoms with E-state index in [1.54, 1.807) is 12.1 Å². The van der Waals surface area contributed by atoms with E-state index < -0.39 is 17.7 Å². The standard InChI is InChI=1S/C28H35F3N2O3/c1-3-21-15-20(9-10-24(21)17-32-14-13-27(34)35)18-36-33-19(2)23-11-12-25(22-7-5-4-6-8-22)26(16-23)28(29,30)31/h9-12,15-16,22,32-33H,2-8,13-14,17-18H2,1H3,(H,34,35). The van der Waals surface area contributed by atoms with Crippen LogP contribution in [-0.2, 0) is 35.4 Å². The maximum Gasteiger partial charge on any atom is 0.416 e. The van der Waals surface area contributed by atoms with Crippen LogP contribution in [0.3, 0.4) is 0 Å². The van der Waals surface area contributed by atoms with Gasteiger partial charge in [-0.25, -0.2) is 0 Å². The molecular formula is C28H35F3N2O3.